The molecule has 7 nitrogen and oxygen atoms in total. The molecule has 0 saturated carbocycles. The van der Waals surface area contributed by atoms with E-state index in [0.717, 1.165) is 34.7 Å². The molecule has 0 unspecified atom stereocenters. The number of aromatic nitrogens is 2. The second-order valence-electron chi connectivity index (χ2n) is 5.92. The van der Waals surface area contributed by atoms with Gasteiger partial charge in [-0.1, -0.05) is 18.2 Å². The number of anilines is 1. The van der Waals surface area contributed by atoms with Crippen LogP contribution in [0.25, 0.3) is 10.9 Å². The zero-order chi connectivity index (χ0) is 18.4. The van der Waals surface area contributed by atoms with Gasteiger partial charge < -0.3 is 20.4 Å². The van der Waals surface area contributed by atoms with Crippen LogP contribution in [0.5, 0.6) is 0 Å². The standard InChI is InChI=1S/C19H24N6O/c1-13-14(2)26-18(24-13)12-23-19(20-3)22-11-10-21-17-9-8-15-6-4-5-7-16(15)25-17/h4-9H,10-12H2,1-3H3,(H,21,25)(H2,20,22,23). The maximum Gasteiger partial charge on any atom is 0.214 e. The first-order valence-corrected chi connectivity index (χ1v) is 8.63. The van der Waals surface area contributed by atoms with Crippen molar-refractivity contribution in [1.29, 1.82) is 0 Å². The van der Waals surface area contributed by atoms with Gasteiger partial charge in [0, 0.05) is 25.5 Å². The first kappa shape index (κ1) is 17.7. The minimum atomic E-state index is 0.494. The molecule has 0 atom stereocenters. The van der Waals surface area contributed by atoms with Crippen LogP contribution < -0.4 is 16.0 Å². The Morgan fingerprint density at radius 2 is 1.88 bits per heavy atom. The molecule has 0 aliphatic rings. The van der Waals surface area contributed by atoms with E-state index in [2.05, 4.69) is 43.0 Å². The molecule has 1 aromatic carbocycles. The number of para-hydroxylation sites is 1. The van der Waals surface area contributed by atoms with E-state index in [9.17, 15) is 0 Å². The summed E-state index contributed by atoms with van der Waals surface area (Å²) in [7, 11) is 1.74. The summed E-state index contributed by atoms with van der Waals surface area (Å²) in [6, 6.07) is 12.1. The summed E-state index contributed by atoms with van der Waals surface area (Å²) in [4.78, 5) is 13.1. The predicted octanol–water partition coefficient (Wildman–Crippen LogP) is 2.62. The van der Waals surface area contributed by atoms with Crippen LogP contribution in [-0.2, 0) is 6.54 Å². The Labute approximate surface area is 153 Å². The third kappa shape index (κ3) is 4.50. The van der Waals surface area contributed by atoms with Crippen LogP contribution in [-0.4, -0.2) is 36.1 Å². The van der Waals surface area contributed by atoms with Gasteiger partial charge in [0.1, 0.15) is 11.6 Å². The van der Waals surface area contributed by atoms with Crippen LogP contribution in [0.3, 0.4) is 0 Å². The summed E-state index contributed by atoms with van der Waals surface area (Å²) in [6.07, 6.45) is 0. The average Bonchev–Trinajstić information content (AvgIpc) is 2.98. The van der Waals surface area contributed by atoms with Gasteiger partial charge in [0.05, 0.1) is 17.8 Å². The Morgan fingerprint density at radius 3 is 2.65 bits per heavy atom. The monoisotopic (exact) mass is 352 g/mol. The Bertz CT molecular complexity index is 882. The van der Waals surface area contributed by atoms with Crippen LogP contribution in [0.1, 0.15) is 17.3 Å². The van der Waals surface area contributed by atoms with Gasteiger partial charge in [0.2, 0.25) is 5.89 Å². The van der Waals surface area contributed by atoms with Crippen molar-refractivity contribution in [2.24, 2.45) is 4.99 Å². The SMILES string of the molecule is CN=C(NCCNc1ccc2ccccc2n1)NCc1nc(C)c(C)o1. The normalized spacial score (nSPS) is 11.6. The molecule has 2 aromatic heterocycles. The number of hydrogen-bond donors (Lipinski definition) is 3. The molecule has 7 heteroatoms. The van der Waals surface area contributed by atoms with E-state index in [4.69, 9.17) is 4.42 Å². The summed E-state index contributed by atoms with van der Waals surface area (Å²) in [5.41, 5.74) is 1.90. The molecule has 0 spiro atoms. The van der Waals surface area contributed by atoms with Gasteiger partial charge in [-0.05, 0) is 32.0 Å². The first-order valence-electron chi connectivity index (χ1n) is 8.63. The predicted molar refractivity (Wildman–Crippen MR) is 104 cm³/mol. The number of oxazole rings is 1. The Morgan fingerprint density at radius 1 is 1.04 bits per heavy atom. The van der Waals surface area contributed by atoms with Crippen molar-refractivity contribution >= 4 is 22.7 Å². The fourth-order valence-corrected chi connectivity index (χ4v) is 2.53. The number of aliphatic imine (C=N–C) groups is 1. The van der Waals surface area contributed by atoms with Gasteiger partial charge in [-0.15, -0.1) is 0 Å². The third-order valence-electron chi connectivity index (χ3n) is 4.03. The maximum absolute atomic E-state index is 5.55. The van der Waals surface area contributed by atoms with Gasteiger partial charge in [-0.3, -0.25) is 4.99 Å². The second-order valence-corrected chi connectivity index (χ2v) is 5.92. The fourth-order valence-electron chi connectivity index (χ4n) is 2.53. The number of guanidine groups is 1. The zero-order valence-corrected chi connectivity index (χ0v) is 15.3. The number of aryl methyl sites for hydroxylation is 2. The molecule has 136 valence electrons. The molecule has 2 heterocycles. The summed E-state index contributed by atoms with van der Waals surface area (Å²) < 4.78 is 5.55. The molecule has 0 radical (unpaired) electrons. The van der Waals surface area contributed by atoms with Crippen molar-refractivity contribution in [3.8, 4) is 0 Å². The summed E-state index contributed by atoms with van der Waals surface area (Å²) in [6.45, 7) is 5.77. The minimum Gasteiger partial charge on any atom is -0.444 e. The number of nitrogens with one attached hydrogen (secondary N) is 3. The lowest BCUT2D eigenvalue weighted by Gasteiger charge is -2.11. The molecular weight excluding hydrogens is 328 g/mol. The lowest BCUT2D eigenvalue weighted by atomic mass is 10.2. The lowest BCUT2D eigenvalue weighted by molar-refractivity contribution is 0.464. The van der Waals surface area contributed by atoms with Crippen LogP contribution >= 0.6 is 0 Å². The van der Waals surface area contributed by atoms with Crippen molar-refractivity contribution in [1.82, 2.24) is 20.6 Å². The number of fused-ring (bicyclic) bond motifs is 1. The molecule has 3 aromatic rings. The zero-order valence-electron chi connectivity index (χ0n) is 15.3. The van der Waals surface area contributed by atoms with E-state index >= 15 is 0 Å². The Balaban J connectivity index is 1.43. The molecule has 0 fully saturated rings. The first-order chi connectivity index (χ1) is 12.7. The van der Waals surface area contributed by atoms with Crippen LogP contribution in [0, 0.1) is 13.8 Å². The van der Waals surface area contributed by atoms with Crippen molar-refractivity contribution in [2.75, 3.05) is 25.5 Å². The molecule has 0 amide bonds. The van der Waals surface area contributed by atoms with Gasteiger partial charge in [0.25, 0.3) is 0 Å². The van der Waals surface area contributed by atoms with Crippen molar-refractivity contribution in [2.45, 2.75) is 20.4 Å². The number of rotatable bonds is 6. The highest BCUT2D eigenvalue weighted by Crippen LogP contribution is 2.14. The van der Waals surface area contributed by atoms with Crippen molar-refractivity contribution in [3.05, 3.63) is 53.7 Å². The lowest BCUT2D eigenvalue weighted by Crippen LogP contribution is -2.39. The average molecular weight is 352 g/mol. The topological polar surface area (TPSA) is 87.4 Å². The minimum absolute atomic E-state index is 0.494. The van der Waals surface area contributed by atoms with E-state index < -0.39 is 0 Å². The highest BCUT2D eigenvalue weighted by atomic mass is 16.4. The van der Waals surface area contributed by atoms with E-state index in [0.29, 0.717) is 24.9 Å². The largest absolute Gasteiger partial charge is 0.444 e. The van der Waals surface area contributed by atoms with Gasteiger partial charge >= 0.3 is 0 Å². The molecular formula is C19H24N6O. The second kappa shape index (κ2) is 8.33. The Hall–Kier alpha value is -3.09. The third-order valence-corrected chi connectivity index (χ3v) is 4.03. The smallest absolute Gasteiger partial charge is 0.214 e. The van der Waals surface area contributed by atoms with Gasteiger partial charge in [-0.2, -0.15) is 0 Å². The fraction of sp³-hybridized carbons (Fsp3) is 0.316. The van der Waals surface area contributed by atoms with E-state index in [1.807, 2.05) is 38.1 Å². The molecule has 0 aliphatic heterocycles. The summed E-state index contributed by atoms with van der Waals surface area (Å²) in [5, 5.41) is 10.9. The number of hydrogen-bond acceptors (Lipinski definition) is 5. The highest BCUT2D eigenvalue weighted by molar-refractivity contribution is 5.80. The number of pyridine rings is 1. The molecule has 0 bridgehead atoms. The van der Waals surface area contributed by atoms with E-state index in [1.165, 1.54) is 0 Å². The van der Waals surface area contributed by atoms with Gasteiger partial charge in [0.15, 0.2) is 5.96 Å². The van der Waals surface area contributed by atoms with Crippen LogP contribution in [0.2, 0.25) is 0 Å². The Kier molecular flexibility index (Phi) is 5.68. The summed E-state index contributed by atoms with van der Waals surface area (Å²) in [5.74, 6) is 3.06. The van der Waals surface area contributed by atoms with Crippen LogP contribution in [0.4, 0.5) is 5.82 Å². The van der Waals surface area contributed by atoms with Crippen LogP contribution in [0.15, 0.2) is 45.8 Å². The van der Waals surface area contributed by atoms with Gasteiger partial charge in [-0.25, -0.2) is 9.97 Å². The number of nitrogens with zero attached hydrogens (tertiary/aromatic N) is 3. The number of benzene rings is 1. The van der Waals surface area contributed by atoms with E-state index in [1.54, 1.807) is 7.05 Å². The molecule has 0 saturated heterocycles. The maximum atomic E-state index is 5.55. The van der Waals surface area contributed by atoms with Crippen molar-refractivity contribution < 1.29 is 4.42 Å². The summed E-state index contributed by atoms with van der Waals surface area (Å²) >= 11 is 0. The molecule has 26 heavy (non-hydrogen) atoms. The quantitative estimate of drug-likeness (QED) is 0.359. The molecule has 0 aliphatic carbocycles. The molecule has 3 N–H and O–H groups in total. The van der Waals surface area contributed by atoms with Crippen molar-refractivity contribution in [3.63, 3.8) is 0 Å². The van der Waals surface area contributed by atoms with E-state index in [-0.39, 0.29) is 0 Å². The molecule has 3 rings (SSSR count). The highest BCUT2D eigenvalue weighted by Gasteiger charge is 2.06.